The van der Waals surface area contributed by atoms with Gasteiger partial charge in [-0.05, 0) is 56.0 Å². The molecule has 1 saturated carbocycles. The lowest BCUT2D eigenvalue weighted by molar-refractivity contribution is -0.945. The fraction of sp³-hybridized carbons (Fsp3) is 0.543. The van der Waals surface area contributed by atoms with Gasteiger partial charge in [0.25, 0.3) is 0 Å². The summed E-state index contributed by atoms with van der Waals surface area (Å²) in [5, 5.41) is 1.23. The molecule has 11 heteroatoms. The molecule has 248 valence electrons. The summed E-state index contributed by atoms with van der Waals surface area (Å²) < 4.78 is 40.1. The Morgan fingerprint density at radius 1 is 0.957 bits per heavy atom. The van der Waals surface area contributed by atoms with E-state index in [9.17, 15) is 9.59 Å². The summed E-state index contributed by atoms with van der Waals surface area (Å²) in [7, 11) is 6.19. The summed E-state index contributed by atoms with van der Waals surface area (Å²) in [6.45, 7) is 6.33. The van der Waals surface area contributed by atoms with Crippen LogP contribution in [-0.4, -0.2) is 83.9 Å². The Kier molecular flexibility index (Phi) is 9.33. The summed E-state index contributed by atoms with van der Waals surface area (Å²) in [5.41, 5.74) is 3.93. The van der Waals surface area contributed by atoms with Crippen LogP contribution in [0.15, 0.2) is 30.3 Å². The van der Waals surface area contributed by atoms with E-state index in [-0.39, 0.29) is 29.4 Å². The predicted octanol–water partition coefficient (Wildman–Crippen LogP) is 3.53. The highest BCUT2D eigenvalue weighted by molar-refractivity contribution is 5.91. The monoisotopic (exact) mass is 637 g/mol. The molecule has 3 aliphatic rings. The summed E-state index contributed by atoms with van der Waals surface area (Å²) in [5.74, 6) is 0.687. The fourth-order valence-corrected chi connectivity index (χ4v) is 8.19. The van der Waals surface area contributed by atoms with E-state index >= 15 is 0 Å². The number of hydrogen-bond donors (Lipinski definition) is 2. The third-order valence-electron chi connectivity index (χ3n) is 10.1. The van der Waals surface area contributed by atoms with Gasteiger partial charge in [0.15, 0.2) is 11.5 Å². The number of hydrogen-bond acceptors (Lipinski definition) is 9. The predicted molar refractivity (Wildman–Crippen MR) is 169 cm³/mol. The molecule has 46 heavy (non-hydrogen) atoms. The van der Waals surface area contributed by atoms with E-state index in [1.54, 1.807) is 26.4 Å². The first kappa shape index (κ1) is 32.0. The van der Waals surface area contributed by atoms with Gasteiger partial charge < -0.3 is 43.0 Å². The lowest BCUT2D eigenvalue weighted by Gasteiger charge is -2.50. The second-order valence-corrected chi connectivity index (χ2v) is 12.3. The Morgan fingerprint density at radius 2 is 1.70 bits per heavy atom. The minimum Gasteiger partial charge on any atom is -0.497 e. The quantitative estimate of drug-likeness (QED) is 0.322. The van der Waals surface area contributed by atoms with Crippen molar-refractivity contribution in [1.29, 1.82) is 0 Å². The zero-order valence-electron chi connectivity index (χ0n) is 27.5. The van der Waals surface area contributed by atoms with Gasteiger partial charge in [-0.15, -0.1) is 0 Å². The summed E-state index contributed by atoms with van der Waals surface area (Å²) in [4.78, 5) is 32.4. The number of quaternary nitrogens is 1. The van der Waals surface area contributed by atoms with Crippen LogP contribution in [0.4, 0.5) is 0 Å². The summed E-state index contributed by atoms with van der Waals surface area (Å²) >= 11 is 0. The number of benzene rings is 2. The molecule has 0 spiro atoms. The molecule has 3 aromatic rings. The number of aromatic nitrogens is 1. The fourth-order valence-electron chi connectivity index (χ4n) is 8.19. The van der Waals surface area contributed by atoms with Crippen LogP contribution >= 0.6 is 0 Å². The van der Waals surface area contributed by atoms with Crippen molar-refractivity contribution in [3.8, 4) is 23.0 Å². The highest BCUT2D eigenvalue weighted by atomic mass is 16.6. The Labute approximate surface area is 269 Å². The molecule has 2 aliphatic heterocycles. The van der Waals surface area contributed by atoms with Crippen molar-refractivity contribution in [2.24, 2.45) is 17.8 Å². The van der Waals surface area contributed by atoms with E-state index in [2.05, 4.69) is 11.1 Å². The van der Waals surface area contributed by atoms with Gasteiger partial charge in [0.1, 0.15) is 24.0 Å². The number of aromatic amines is 1. The van der Waals surface area contributed by atoms with Gasteiger partial charge in [-0.2, -0.15) is 0 Å². The van der Waals surface area contributed by atoms with Gasteiger partial charge in [0, 0.05) is 42.8 Å². The van der Waals surface area contributed by atoms with Crippen LogP contribution in [0, 0.1) is 17.8 Å². The number of nitrogens with one attached hydrogen (secondary N) is 2. The first-order valence-corrected chi connectivity index (χ1v) is 16.2. The van der Waals surface area contributed by atoms with Crippen molar-refractivity contribution in [3.05, 3.63) is 47.2 Å². The first-order valence-electron chi connectivity index (χ1n) is 16.2. The minimum absolute atomic E-state index is 0.00287. The SMILES string of the molecule is CCOc1cc(C(=O)O[C@@H]2C[C@@H]3C[NH+]4CCc5c([nH]c6cc(OC)ccc56)[C@@H]4C[C@@H]3[C@H](C(=O)OC)[C@H]2OC)cc(OCC)c1OC. The van der Waals surface area contributed by atoms with Crippen molar-refractivity contribution in [1.82, 2.24) is 4.98 Å². The number of methoxy groups -OCH3 is 4. The lowest BCUT2D eigenvalue weighted by Crippen LogP contribution is -3.15. The molecule has 1 aromatic heterocycles. The van der Waals surface area contributed by atoms with Crippen molar-refractivity contribution in [2.45, 2.75) is 51.4 Å². The summed E-state index contributed by atoms with van der Waals surface area (Å²) in [6, 6.07) is 9.61. The average molecular weight is 638 g/mol. The summed E-state index contributed by atoms with van der Waals surface area (Å²) in [6.07, 6.45) is 1.04. The van der Waals surface area contributed by atoms with E-state index < -0.39 is 24.1 Å². The van der Waals surface area contributed by atoms with E-state index in [1.165, 1.54) is 35.8 Å². The number of rotatable bonds is 10. The largest absolute Gasteiger partial charge is 0.497 e. The second-order valence-electron chi connectivity index (χ2n) is 12.3. The Morgan fingerprint density at radius 3 is 2.33 bits per heavy atom. The molecule has 6 rings (SSSR count). The zero-order chi connectivity index (χ0) is 32.5. The molecule has 1 saturated heterocycles. The molecular weight excluding hydrogens is 592 g/mol. The topological polar surface area (TPSA) is 119 Å². The van der Waals surface area contributed by atoms with Crippen LogP contribution in [-0.2, 0) is 25.4 Å². The molecule has 2 N–H and O–H groups in total. The molecule has 2 aromatic carbocycles. The first-order chi connectivity index (χ1) is 22.3. The van der Waals surface area contributed by atoms with E-state index in [1.807, 2.05) is 26.0 Å². The number of H-pyrrole nitrogens is 1. The molecule has 11 nitrogen and oxygen atoms in total. The van der Waals surface area contributed by atoms with Crippen LogP contribution < -0.4 is 23.8 Å². The standard InChI is InChI=1S/C35H44N2O9/c1-7-44-27-13-19(14-28(45-8-2)32(27)41-4)34(38)46-29-15-20-18-37-12-11-23-22-10-9-21(40-3)16-25(22)36-31(23)26(37)17-24(20)30(33(29)42-5)35(39)43-6/h9-10,13-14,16,20,24,26,29-30,33,36H,7-8,11-12,15,17-18H2,1-6H3/p+1/t20-,24+,26+,29-,30+,33+/m1/s1. The van der Waals surface area contributed by atoms with Crippen LogP contribution in [0.3, 0.4) is 0 Å². The van der Waals surface area contributed by atoms with Crippen LogP contribution in [0.2, 0.25) is 0 Å². The molecule has 2 fully saturated rings. The van der Waals surface area contributed by atoms with Gasteiger partial charge in [-0.3, -0.25) is 4.79 Å². The van der Waals surface area contributed by atoms with Crippen LogP contribution in [0.25, 0.3) is 10.9 Å². The molecular formula is C35H45N2O9+. The van der Waals surface area contributed by atoms with Crippen molar-refractivity contribution >= 4 is 22.8 Å². The van der Waals surface area contributed by atoms with Gasteiger partial charge in [-0.1, -0.05) is 0 Å². The highest BCUT2D eigenvalue weighted by Crippen LogP contribution is 2.46. The maximum absolute atomic E-state index is 13.7. The van der Waals surface area contributed by atoms with Crippen molar-refractivity contribution in [2.75, 3.05) is 54.7 Å². The van der Waals surface area contributed by atoms with E-state index in [0.29, 0.717) is 36.9 Å². The van der Waals surface area contributed by atoms with Gasteiger partial charge >= 0.3 is 11.9 Å². The van der Waals surface area contributed by atoms with Gasteiger partial charge in [0.2, 0.25) is 5.75 Å². The third kappa shape index (κ3) is 5.64. The molecule has 1 aliphatic carbocycles. The Hall–Kier alpha value is -3.96. The third-order valence-corrected chi connectivity index (χ3v) is 10.1. The smallest absolute Gasteiger partial charge is 0.338 e. The van der Waals surface area contributed by atoms with Crippen molar-refractivity contribution in [3.63, 3.8) is 0 Å². The molecule has 0 bridgehead atoms. The van der Waals surface area contributed by atoms with Crippen LogP contribution in [0.1, 0.15) is 54.3 Å². The van der Waals surface area contributed by atoms with Crippen molar-refractivity contribution < 1.29 is 47.6 Å². The van der Waals surface area contributed by atoms with E-state index in [4.69, 9.17) is 33.2 Å². The molecule has 7 atom stereocenters. The van der Waals surface area contributed by atoms with Crippen LogP contribution in [0.5, 0.6) is 23.0 Å². The molecule has 0 amide bonds. The number of fused-ring (bicyclic) bond motifs is 6. The number of carbonyl (C=O) groups excluding carboxylic acids is 2. The second kappa shape index (κ2) is 13.4. The lowest BCUT2D eigenvalue weighted by atomic mass is 9.63. The average Bonchev–Trinajstić information content (AvgIpc) is 3.45. The number of esters is 2. The highest BCUT2D eigenvalue weighted by Gasteiger charge is 2.56. The van der Waals surface area contributed by atoms with Gasteiger partial charge in [-0.25, -0.2) is 4.79 Å². The molecule has 0 radical (unpaired) electrons. The Balaban J connectivity index is 1.29. The number of carbonyl (C=O) groups is 2. The normalized spacial score (nSPS) is 26.7. The molecule has 3 heterocycles. The van der Waals surface area contributed by atoms with Gasteiger partial charge in [0.05, 0.1) is 64.8 Å². The van der Waals surface area contributed by atoms with E-state index in [0.717, 1.165) is 37.2 Å². The molecule has 1 unspecified atom stereocenters. The maximum Gasteiger partial charge on any atom is 0.338 e. The minimum atomic E-state index is -0.662. The maximum atomic E-state index is 13.7. The Bertz CT molecular complexity index is 1560. The zero-order valence-corrected chi connectivity index (χ0v) is 27.5. The number of piperidine rings is 1. The number of ether oxygens (including phenoxy) is 7.